The molecule has 0 fully saturated rings. The second kappa shape index (κ2) is 2.76. The molecule has 0 atom stereocenters. The van der Waals surface area contributed by atoms with Crippen molar-refractivity contribution in [1.29, 1.82) is 0 Å². The number of ketones is 1. The number of hydrogen-bond acceptors (Lipinski definition) is 2. The van der Waals surface area contributed by atoms with E-state index < -0.39 is 0 Å². The van der Waals surface area contributed by atoms with E-state index >= 15 is 0 Å². The number of aliphatic hydroxyl groups is 1. The maximum Gasteiger partial charge on any atom is 0.193 e. The van der Waals surface area contributed by atoms with Crippen LogP contribution in [0.1, 0.15) is 22.5 Å². The Morgan fingerprint density at radius 1 is 1.54 bits per heavy atom. The summed E-state index contributed by atoms with van der Waals surface area (Å²) in [6, 6.07) is 1.81. The molecule has 3 nitrogen and oxygen atoms in total. The molecule has 0 amide bonds. The van der Waals surface area contributed by atoms with Gasteiger partial charge in [-0.1, -0.05) is 0 Å². The van der Waals surface area contributed by atoms with E-state index in [9.17, 15) is 4.79 Å². The normalized spacial score (nSPS) is 19.2. The highest BCUT2D eigenvalue weighted by Gasteiger charge is 2.23. The topological polar surface area (TPSA) is 42.2 Å². The largest absolute Gasteiger partial charge is 0.515 e. The SMILES string of the molecule is Cn1ccc2c1CC/C(=C/O)C2=O. The van der Waals surface area contributed by atoms with Gasteiger partial charge in [-0.3, -0.25) is 4.79 Å². The number of aryl methyl sites for hydroxylation is 1. The number of hydrogen-bond donors (Lipinski definition) is 1. The smallest absolute Gasteiger partial charge is 0.193 e. The van der Waals surface area contributed by atoms with E-state index in [0.29, 0.717) is 12.0 Å². The highest BCUT2D eigenvalue weighted by molar-refractivity contribution is 6.10. The van der Waals surface area contributed by atoms with Gasteiger partial charge in [-0.15, -0.1) is 0 Å². The van der Waals surface area contributed by atoms with E-state index in [0.717, 1.165) is 23.9 Å². The summed E-state index contributed by atoms with van der Waals surface area (Å²) in [6.07, 6.45) is 4.28. The summed E-state index contributed by atoms with van der Waals surface area (Å²) in [5, 5.41) is 8.80. The number of fused-ring (bicyclic) bond motifs is 1. The fourth-order valence-corrected chi connectivity index (χ4v) is 1.74. The van der Waals surface area contributed by atoms with Crippen molar-refractivity contribution in [3.63, 3.8) is 0 Å². The molecule has 13 heavy (non-hydrogen) atoms. The Balaban J connectivity index is 2.52. The third-order valence-electron chi connectivity index (χ3n) is 2.52. The first-order valence-electron chi connectivity index (χ1n) is 4.26. The zero-order valence-electron chi connectivity index (χ0n) is 7.45. The van der Waals surface area contributed by atoms with Crippen LogP contribution in [0.25, 0.3) is 0 Å². The number of Topliss-reactive ketones (excluding diaryl/α,β-unsaturated/α-hetero) is 1. The van der Waals surface area contributed by atoms with Crippen LogP contribution in [0.2, 0.25) is 0 Å². The quantitative estimate of drug-likeness (QED) is 0.483. The van der Waals surface area contributed by atoms with Gasteiger partial charge in [0.15, 0.2) is 5.78 Å². The summed E-state index contributed by atoms with van der Waals surface area (Å²) in [7, 11) is 1.93. The van der Waals surface area contributed by atoms with E-state index in [1.165, 1.54) is 0 Å². The van der Waals surface area contributed by atoms with Crippen LogP contribution < -0.4 is 0 Å². The lowest BCUT2D eigenvalue weighted by Crippen LogP contribution is -2.14. The van der Waals surface area contributed by atoms with Crippen molar-refractivity contribution < 1.29 is 9.90 Å². The zero-order valence-corrected chi connectivity index (χ0v) is 7.45. The molecule has 0 unspecified atom stereocenters. The number of aromatic nitrogens is 1. The number of nitrogens with zero attached hydrogens (tertiary/aromatic N) is 1. The van der Waals surface area contributed by atoms with Crippen molar-refractivity contribution in [3.05, 3.63) is 35.4 Å². The molecule has 1 N–H and O–H groups in total. The van der Waals surface area contributed by atoms with Crippen LogP contribution in [-0.4, -0.2) is 15.5 Å². The Labute approximate surface area is 76.3 Å². The summed E-state index contributed by atoms with van der Waals surface area (Å²) < 4.78 is 1.96. The molecule has 1 aliphatic rings. The second-order valence-electron chi connectivity index (χ2n) is 3.27. The number of carbonyl (C=O) groups is 1. The van der Waals surface area contributed by atoms with Crippen molar-refractivity contribution in [1.82, 2.24) is 4.57 Å². The van der Waals surface area contributed by atoms with Crippen molar-refractivity contribution in [3.8, 4) is 0 Å². The molecule has 0 bridgehead atoms. The summed E-state index contributed by atoms with van der Waals surface area (Å²) in [5.74, 6) is -0.0376. The third kappa shape index (κ3) is 1.08. The van der Waals surface area contributed by atoms with Gasteiger partial charge in [0, 0.05) is 30.1 Å². The Kier molecular flexibility index (Phi) is 1.72. The van der Waals surface area contributed by atoms with Gasteiger partial charge in [0.2, 0.25) is 0 Å². The Hall–Kier alpha value is -1.51. The van der Waals surface area contributed by atoms with Crippen molar-refractivity contribution in [2.24, 2.45) is 7.05 Å². The van der Waals surface area contributed by atoms with Gasteiger partial charge in [-0.25, -0.2) is 0 Å². The molecule has 0 aromatic carbocycles. The standard InChI is InChI=1S/C10H11NO2/c1-11-5-4-8-9(11)3-2-7(6-12)10(8)13/h4-6,12H,2-3H2,1H3/b7-6-. The monoisotopic (exact) mass is 177 g/mol. The molecular formula is C10H11NO2. The van der Waals surface area contributed by atoms with E-state index in [2.05, 4.69) is 0 Å². The lowest BCUT2D eigenvalue weighted by Gasteiger charge is -2.14. The van der Waals surface area contributed by atoms with Crippen LogP contribution in [0.15, 0.2) is 24.1 Å². The number of aliphatic hydroxyl groups excluding tert-OH is 1. The zero-order chi connectivity index (χ0) is 9.42. The van der Waals surface area contributed by atoms with E-state index in [1.54, 1.807) is 6.07 Å². The van der Waals surface area contributed by atoms with Crippen LogP contribution in [0, 0.1) is 0 Å². The van der Waals surface area contributed by atoms with Crippen molar-refractivity contribution >= 4 is 5.78 Å². The van der Waals surface area contributed by atoms with Gasteiger partial charge < -0.3 is 9.67 Å². The lowest BCUT2D eigenvalue weighted by molar-refractivity contribution is 0.102. The minimum atomic E-state index is -0.0376. The lowest BCUT2D eigenvalue weighted by atomic mass is 9.92. The average molecular weight is 177 g/mol. The minimum absolute atomic E-state index is 0.0376. The molecule has 0 spiro atoms. The Bertz CT molecular complexity index is 388. The number of allylic oxidation sites excluding steroid dienone is 1. The van der Waals surface area contributed by atoms with Gasteiger partial charge in [0.05, 0.1) is 6.26 Å². The molecule has 68 valence electrons. The molecule has 1 aromatic rings. The maximum absolute atomic E-state index is 11.6. The van der Waals surface area contributed by atoms with Gasteiger partial charge in [-0.2, -0.15) is 0 Å². The molecule has 1 aromatic heterocycles. The van der Waals surface area contributed by atoms with E-state index in [1.807, 2.05) is 17.8 Å². The molecule has 0 saturated carbocycles. The molecular weight excluding hydrogens is 166 g/mol. The second-order valence-corrected chi connectivity index (χ2v) is 3.27. The van der Waals surface area contributed by atoms with Crippen LogP contribution >= 0.6 is 0 Å². The Morgan fingerprint density at radius 3 is 3.00 bits per heavy atom. The highest BCUT2D eigenvalue weighted by Crippen LogP contribution is 2.24. The molecule has 1 aliphatic carbocycles. The first-order valence-corrected chi connectivity index (χ1v) is 4.26. The maximum atomic E-state index is 11.6. The predicted octanol–water partition coefficient (Wildman–Crippen LogP) is 1.60. The molecule has 0 aliphatic heterocycles. The molecule has 0 radical (unpaired) electrons. The first-order chi connectivity index (χ1) is 6.24. The predicted molar refractivity (Wildman–Crippen MR) is 48.8 cm³/mol. The summed E-state index contributed by atoms with van der Waals surface area (Å²) >= 11 is 0. The minimum Gasteiger partial charge on any atom is -0.515 e. The molecule has 2 rings (SSSR count). The molecule has 0 saturated heterocycles. The van der Waals surface area contributed by atoms with Gasteiger partial charge >= 0.3 is 0 Å². The van der Waals surface area contributed by atoms with Crippen LogP contribution in [0.3, 0.4) is 0 Å². The number of carbonyl (C=O) groups excluding carboxylic acids is 1. The fourth-order valence-electron chi connectivity index (χ4n) is 1.74. The Morgan fingerprint density at radius 2 is 2.31 bits per heavy atom. The number of rotatable bonds is 0. The average Bonchev–Trinajstić information content (AvgIpc) is 2.50. The summed E-state index contributed by atoms with van der Waals surface area (Å²) in [5.41, 5.74) is 2.31. The van der Waals surface area contributed by atoms with E-state index in [4.69, 9.17) is 5.11 Å². The molecule has 3 heteroatoms. The third-order valence-corrected chi connectivity index (χ3v) is 2.52. The van der Waals surface area contributed by atoms with Crippen LogP contribution in [0.5, 0.6) is 0 Å². The summed E-state index contributed by atoms with van der Waals surface area (Å²) in [6.45, 7) is 0. The van der Waals surface area contributed by atoms with Gasteiger partial charge in [0.1, 0.15) is 0 Å². The van der Waals surface area contributed by atoms with Crippen molar-refractivity contribution in [2.75, 3.05) is 0 Å². The fraction of sp³-hybridized carbons (Fsp3) is 0.300. The highest BCUT2D eigenvalue weighted by atomic mass is 16.2. The van der Waals surface area contributed by atoms with Crippen LogP contribution in [0.4, 0.5) is 0 Å². The van der Waals surface area contributed by atoms with Crippen molar-refractivity contribution in [2.45, 2.75) is 12.8 Å². The first kappa shape index (κ1) is 8.10. The molecule has 1 heterocycles. The van der Waals surface area contributed by atoms with E-state index in [-0.39, 0.29) is 5.78 Å². The van der Waals surface area contributed by atoms with Gasteiger partial charge in [-0.05, 0) is 18.9 Å². The van der Waals surface area contributed by atoms with Crippen LogP contribution in [-0.2, 0) is 13.5 Å². The summed E-state index contributed by atoms with van der Waals surface area (Å²) in [4.78, 5) is 11.6. The van der Waals surface area contributed by atoms with Gasteiger partial charge in [0.25, 0.3) is 0 Å².